The van der Waals surface area contributed by atoms with E-state index in [9.17, 15) is 8.42 Å². The summed E-state index contributed by atoms with van der Waals surface area (Å²) in [5.74, 6) is 1.55. The van der Waals surface area contributed by atoms with Crippen molar-refractivity contribution >= 4 is 33.1 Å². The maximum atomic E-state index is 11.6. The van der Waals surface area contributed by atoms with Crippen molar-refractivity contribution in [3.63, 3.8) is 0 Å². The fourth-order valence-electron chi connectivity index (χ4n) is 3.25. The fourth-order valence-corrected chi connectivity index (χ4v) is 4.17. The Bertz CT molecular complexity index is 1150. The molecular weight excluding hydrogens is 390 g/mol. The van der Waals surface area contributed by atoms with Crippen LogP contribution in [0.15, 0.2) is 82.6 Å². The molecule has 4 rings (SSSR count). The van der Waals surface area contributed by atoms with Crippen LogP contribution in [0, 0.1) is 0 Å². The van der Waals surface area contributed by atoms with Gasteiger partial charge in [0.05, 0.1) is 4.90 Å². The molecule has 0 spiro atoms. The molecule has 3 aromatic rings. The van der Waals surface area contributed by atoms with Gasteiger partial charge < -0.3 is 4.74 Å². The lowest BCUT2D eigenvalue weighted by molar-refractivity contribution is 0.502. The van der Waals surface area contributed by atoms with Crippen LogP contribution >= 0.6 is 11.8 Å². The number of para-hydroxylation sites is 1. The molecule has 0 fully saturated rings. The van der Waals surface area contributed by atoms with E-state index in [2.05, 4.69) is 30.3 Å². The van der Waals surface area contributed by atoms with Crippen molar-refractivity contribution in [1.29, 1.82) is 0 Å². The number of allylic oxidation sites excluding steroid dienone is 1. The van der Waals surface area contributed by atoms with Crippen LogP contribution in [0.5, 0.6) is 5.75 Å². The van der Waals surface area contributed by atoms with Gasteiger partial charge in [0.15, 0.2) is 0 Å². The molecule has 0 unspecified atom stereocenters. The van der Waals surface area contributed by atoms with Gasteiger partial charge in [-0.25, -0.2) is 13.6 Å². The maximum Gasteiger partial charge on any atom is 0.238 e. The maximum absolute atomic E-state index is 11.6. The fraction of sp³-hybridized carbons (Fsp3) is 0.0909. The van der Waals surface area contributed by atoms with Crippen LogP contribution in [0.3, 0.4) is 0 Å². The highest BCUT2D eigenvalue weighted by Gasteiger charge is 2.22. The van der Waals surface area contributed by atoms with Gasteiger partial charge in [0, 0.05) is 22.5 Å². The molecule has 3 aromatic carbocycles. The van der Waals surface area contributed by atoms with Crippen LogP contribution in [0.2, 0.25) is 0 Å². The number of nitrogens with two attached hydrogens (primary N) is 1. The normalized spacial score (nSPS) is 13.8. The van der Waals surface area contributed by atoms with Gasteiger partial charge in [-0.2, -0.15) is 0 Å². The molecule has 0 amide bonds. The van der Waals surface area contributed by atoms with Crippen molar-refractivity contribution < 1.29 is 13.2 Å². The Hall–Kier alpha value is -2.54. The molecule has 1 aliphatic heterocycles. The van der Waals surface area contributed by atoms with Gasteiger partial charge in [0.1, 0.15) is 11.5 Å². The highest BCUT2D eigenvalue weighted by Crippen LogP contribution is 2.39. The Morgan fingerprint density at radius 1 is 0.893 bits per heavy atom. The minimum absolute atomic E-state index is 0.0823. The monoisotopic (exact) mass is 409 g/mol. The molecule has 28 heavy (non-hydrogen) atoms. The van der Waals surface area contributed by atoms with Gasteiger partial charge in [-0.05, 0) is 59.8 Å². The highest BCUT2D eigenvalue weighted by molar-refractivity contribution is 7.98. The molecule has 0 atom stereocenters. The Morgan fingerprint density at radius 2 is 1.54 bits per heavy atom. The number of ether oxygens (including phenoxy) is 1. The first-order chi connectivity index (χ1) is 13.5. The minimum Gasteiger partial charge on any atom is -0.456 e. The summed E-state index contributed by atoms with van der Waals surface area (Å²) >= 11 is 1.70. The number of hydrogen-bond acceptors (Lipinski definition) is 4. The average molecular weight is 410 g/mol. The second-order valence-corrected chi connectivity index (χ2v) is 8.93. The predicted octanol–water partition coefficient (Wildman–Crippen LogP) is 4.56. The first-order valence-corrected chi connectivity index (χ1v) is 11.5. The molecule has 0 aromatic heterocycles. The number of primary sulfonamides is 1. The summed E-state index contributed by atoms with van der Waals surface area (Å²) in [6.07, 6.45) is 2.79. The second-order valence-electron chi connectivity index (χ2n) is 6.49. The summed E-state index contributed by atoms with van der Waals surface area (Å²) in [5, 5.41) is 5.22. The van der Waals surface area contributed by atoms with E-state index in [0.29, 0.717) is 0 Å². The van der Waals surface area contributed by atoms with E-state index < -0.39 is 10.0 Å². The van der Waals surface area contributed by atoms with Crippen molar-refractivity contribution in [1.82, 2.24) is 0 Å². The van der Waals surface area contributed by atoms with Gasteiger partial charge >= 0.3 is 0 Å². The number of rotatable bonds is 4. The lowest BCUT2D eigenvalue weighted by atomic mass is 9.92. The first-order valence-electron chi connectivity index (χ1n) is 8.72. The zero-order chi connectivity index (χ0) is 19.7. The van der Waals surface area contributed by atoms with Crippen LogP contribution < -0.4 is 9.88 Å². The molecule has 0 bridgehead atoms. The van der Waals surface area contributed by atoms with Gasteiger partial charge in [-0.1, -0.05) is 30.3 Å². The number of fused-ring (bicyclic) bond motifs is 1. The molecule has 0 saturated carbocycles. The third-order valence-corrected chi connectivity index (χ3v) is 6.38. The smallest absolute Gasteiger partial charge is 0.238 e. The lowest BCUT2D eigenvalue weighted by Gasteiger charge is -2.24. The van der Waals surface area contributed by atoms with Crippen molar-refractivity contribution in [2.45, 2.75) is 16.2 Å². The van der Waals surface area contributed by atoms with Crippen molar-refractivity contribution in [2.75, 3.05) is 6.26 Å². The van der Waals surface area contributed by atoms with E-state index in [1.54, 1.807) is 23.9 Å². The Kier molecular flexibility index (Phi) is 5.02. The van der Waals surface area contributed by atoms with E-state index in [1.807, 2.05) is 24.5 Å². The highest BCUT2D eigenvalue weighted by atomic mass is 32.2. The first kappa shape index (κ1) is 18.8. The molecular formula is C22H19NO3S2. The average Bonchev–Trinajstić information content (AvgIpc) is 2.72. The molecule has 6 heteroatoms. The second kappa shape index (κ2) is 7.47. The zero-order valence-corrected chi connectivity index (χ0v) is 16.9. The quantitative estimate of drug-likeness (QED) is 0.642. The molecule has 0 saturated heterocycles. The Labute approximate surface area is 169 Å². The van der Waals surface area contributed by atoms with E-state index in [1.165, 1.54) is 17.0 Å². The SMILES string of the molecule is CSc1ccc(C2=C(c3ccc(S(N)(=O)=O)cc3)Oc3ccccc3C2)cc1. The van der Waals surface area contributed by atoms with Crippen LogP contribution in [-0.4, -0.2) is 14.7 Å². The summed E-state index contributed by atoms with van der Waals surface area (Å²) in [4.78, 5) is 1.28. The van der Waals surface area contributed by atoms with Crippen LogP contribution in [0.4, 0.5) is 0 Å². The van der Waals surface area contributed by atoms with E-state index in [0.717, 1.165) is 40.2 Å². The summed E-state index contributed by atoms with van der Waals surface area (Å²) < 4.78 is 29.4. The van der Waals surface area contributed by atoms with Crippen molar-refractivity contribution in [2.24, 2.45) is 5.14 Å². The predicted molar refractivity (Wildman–Crippen MR) is 114 cm³/mol. The van der Waals surface area contributed by atoms with Gasteiger partial charge in [0.25, 0.3) is 0 Å². The van der Waals surface area contributed by atoms with Gasteiger partial charge in [0.2, 0.25) is 10.0 Å². The van der Waals surface area contributed by atoms with Crippen LogP contribution in [0.1, 0.15) is 16.7 Å². The standard InChI is InChI=1S/C22H19NO3S2/c1-27-18-10-6-15(7-11-18)20-14-17-4-2-3-5-21(17)26-22(20)16-8-12-19(13-9-16)28(23,24)25/h2-13H,14H2,1H3,(H2,23,24,25). The van der Waals surface area contributed by atoms with Crippen LogP contribution in [-0.2, 0) is 16.4 Å². The molecule has 0 aliphatic carbocycles. The molecule has 1 aliphatic rings. The third-order valence-electron chi connectivity index (χ3n) is 4.71. The lowest BCUT2D eigenvalue weighted by Crippen LogP contribution is -2.12. The zero-order valence-electron chi connectivity index (χ0n) is 15.3. The summed E-state index contributed by atoms with van der Waals surface area (Å²) in [5.41, 5.74) is 4.08. The van der Waals surface area contributed by atoms with Gasteiger partial charge in [-0.15, -0.1) is 11.8 Å². The Morgan fingerprint density at radius 3 is 2.18 bits per heavy atom. The summed E-state index contributed by atoms with van der Waals surface area (Å²) in [6.45, 7) is 0. The molecule has 0 radical (unpaired) electrons. The van der Waals surface area contributed by atoms with E-state index >= 15 is 0 Å². The number of sulfonamides is 1. The number of hydrogen-bond donors (Lipinski definition) is 1. The van der Waals surface area contributed by atoms with Crippen molar-refractivity contribution in [3.05, 3.63) is 89.5 Å². The summed E-state index contributed by atoms with van der Waals surface area (Å²) in [7, 11) is -3.73. The molecule has 142 valence electrons. The van der Waals surface area contributed by atoms with Crippen molar-refractivity contribution in [3.8, 4) is 5.75 Å². The minimum atomic E-state index is -3.73. The molecule has 2 N–H and O–H groups in total. The molecule has 1 heterocycles. The third kappa shape index (κ3) is 3.71. The summed E-state index contributed by atoms with van der Waals surface area (Å²) in [6, 6.07) is 22.8. The largest absolute Gasteiger partial charge is 0.456 e. The van der Waals surface area contributed by atoms with E-state index in [-0.39, 0.29) is 4.90 Å². The van der Waals surface area contributed by atoms with Crippen LogP contribution in [0.25, 0.3) is 11.3 Å². The number of benzene rings is 3. The number of thioether (sulfide) groups is 1. The topological polar surface area (TPSA) is 69.4 Å². The molecule has 4 nitrogen and oxygen atoms in total. The Balaban J connectivity index is 1.83. The van der Waals surface area contributed by atoms with Gasteiger partial charge in [-0.3, -0.25) is 0 Å². The van der Waals surface area contributed by atoms with E-state index in [4.69, 9.17) is 9.88 Å².